The van der Waals surface area contributed by atoms with Crippen molar-refractivity contribution >= 4 is 18.1 Å². The van der Waals surface area contributed by atoms with Gasteiger partial charge in [-0.15, -0.1) is 0 Å². The lowest BCUT2D eigenvalue weighted by atomic mass is 9.88. The van der Waals surface area contributed by atoms with Crippen molar-refractivity contribution in [2.24, 2.45) is 23.3 Å². The van der Waals surface area contributed by atoms with E-state index in [1.807, 2.05) is 0 Å². The molecule has 2 unspecified atom stereocenters. The van der Waals surface area contributed by atoms with Crippen molar-refractivity contribution in [1.29, 1.82) is 0 Å². The Hall–Kier alpha value is -1.39. The van der Waals surface area contributed by atoms with Crippen molar-refractivity contribution in [2.75, 3.05) is 0 Å². The van der Waals surface area contributed by atoms with E-state index in [1.54, 1.807) is 6.92 Å². The fourth-order valence-corrected chi connectivity index (χ4v) is 1.16. The summed E-state index contributed by atoms with van der Waals surface area (Å²) in [6, 6.07) is 0. The lowest BCUT2D eigenvalue weighted by Crippen LogP contribution is -2.34. The molecule has 5 heteroatoms. The van der Waals surface area contributed by atoms with Gasteiger partial charge in [0, 0.05) is 12.3 Å². The van der Waals surface area contributed by atoms with Gasteiger partial charge in [-0.3, -0.25) is 9.59 Å². The molecule has 0 aliphatic carbocycles. The minimum absolute atomic E-state index is 0.160. The Bertz CT molecular complexity index is 215. The topological polar surface area (TPSA) is 103 Å². The number of carbonyl (C=O) groups excluding carboxylic acids is 3. The van der Waals surface area contributed by atoms with Gasteiger partial charge in [0.2, 0.25) is 11.8 Å². The Morgan fingerprint density at radius 1 is 1.38 bits per heavy atom. The highest BCUT2D eigenvalue weighted by Gasteiger charge is 2.26. The number of rotatable bonds is 6. The molecule has 0 rings (SSSR count). The zero-order chi connectivity index (χ0) is 10.4. The zero-order valence-electron chi connectivity index (χ0n) is 7.53. The molecule has 0 aliphatic rings. The maximum atomic E-state index is 10.8. The second-order valence-corrected chi connectivity index (χ2v) is 2.89. The second-order valence-electron chi connectivity index (χ2n) is 2.89. The van der Waals surface area contributed by atoms with Crippen molar-refractivity contribution in [3.05, 3.63) is 0 Å². The Kier molecular flexibility index (Phi) is 4.72. The molecular weight excluding hydrogens is 172 g/mol. The van der Waals surface area contributed by atoms with E-state index in [0.29, 0.717) is 12.7 Å². The summed E-state index contributed by atoms with van der Waals surface area (Å²) in [4.78, 5) is 31.9. The van der Waals surface area contributed by atoms with Gasteiger partial charge in [0.1, 0.15) is 6.29 Å². The molecule has 0 fully saturated rings. The summed E-state index contributed by atoms with van der Waals surface area (Å²) < 4.78 is 0. The number of primary amides is 2. The zero-order valence-corrected chi connectivity index (χ0v) is 7.53. The van der Waals surface area contributed by atoms with Crippen LogP contribution in [0.3, 0.4) is 0 Å². The maximum absolute atomic E-state index is 10.8. The van der Waals surface area contributed by atoms with Gasteiger partial charge < -0.3 is 16.3 Å². The summed E-state index contributed by atoms with van der Waals surface area (Å²) in [5, 5.41) is 0. The first kappa shape index (κ1) is 11.6. The fourth-order valence-electron chi connectivity index (χ4n) is 1.16. The summed E-state index contributed by atoms with van der Waals surface area (Å²) in [7, 11) is 0. The van der Waals surface area contributed by atoms with E-state index in [0.717, 1.165) is 0 Å². The highest BCUT2D eigenvalue weighted by molar-refractivity contribution is 5.86. The number of aldehydes is 1. The predicted octanol–water partition coefficient (Wildman–Crippen LogP) is -0.812. The van der Waals surface area contributed by atoms with E-state index in [-0.39, 0.29) is 6.42 Å². The molecule has 13 heavy (non-hydrogen) atoms. The third kappa shape index (κ3) is 3.68. The van der Waals surface area contributed by atoms with Gasteiger partial charge in [0.15, 0.2) is 0 Å². The summed E-state index contributed by atoms with van der Waals surface area (Å²) in [5.74, 6) is -2.55. The molecule has 0 saturated heterocycles. The first-order valence-electron chi connectivity index (χ1n) is 4.05. The van der Waals surface area contributed by atoms with Gasteiger partial charge in [-0.1, -0.05) is 6.92 Å². The lowest BCUT2D eigenvalue weighted by molar-refractivity contribution is -0.131. The molecule has 74 valence electrons. The van der Waals surface area contributed by atoms with Crippen molar-refractivity contribution in [3.63, 3.8) is 0 Å². The van der Waals surface area contributed by atoms with Crippen LogP contribution in [0.1, 0.15) is 19.8 Å². The van der Waals surface area contributed by atoms with Crippen LogP contribution in [0.25, 0.3) is 0 Å². The summed E-state index contributed by atoms with van der Waals surface area (Å²) >= 11 is 0. The summed E-state index contributed by atoms with van der Waals surface area (Å²) in [5.41, 5.74) is 9.95. The van der Waals surface area contributed by atoms with Gasteiger partial charge in [-0.25, -0.2) is 0 Å². The second kappa shape index (κ2) is 5.29. The molecule has 0 saturated carbocycles. The van der Waals surface area contributed by atoms with Crippen LogP contribution in [-0.2, 0) is 14.4 Å². The average Bonchev–Trinajstić information content (AvgIpc) is 2.04. The molecule has 2 atom stereocenters. The van der Waals surface area contributed by atoms with Crippen LogP contribution < -0.4 is 11.5 Å². The molecule has 5 nitrogen and oxygen atoms in total. The summed E-state index contributed by atoms with van der Waals surface area (Å²) in [6.45, 7) is 1.75. The van der Waals surface area contributed by atoms with Gasteiger partial charge in [0.05, 0.1) is 5.92 Å². The van der Waals surface area contributed by atoms with Crippen LogP contribution >= 0.6 is 0 Å². The number of hydrogen-bond acceptors (Lipinski definition) is 3. The van der Waals surface area contributed by atoms with Crippen molar-refractivity contribution < 1.29 is 14.4 Å². The van der Waals surface area contributed by atoms with Crippen molar-refractivity contribution in [1.82, 2.24) is 0 Å². The molecule has 0 aromatic carbocycles. The van der Waals surface area contributed by atoms with E-state index in [9.17, 15) is 14.4 Å². The first-order chi connectivity index (χ1) is 6.02. The van der Waals surface area contributed by atoms with E-state index >= 15 is 0 Å². The van der Waals surface area contributed by atoms with Crippen molar-refractivity contribution in [2.45, 2.75) is 19.8 Å². The van der Waals surface area contributed by atoms with E-state index < -0.39 is 23.7 Å². The minimum Gasteiger partial charge on any atom is -0.370 e. The molecule has 0 bridgehead atoms. The normalized spacial score (nSPS) is 14.5. The number of amides is 2. The molecule has 0 aliphatic heterocycles. The Morgan fingerprint density at radius 2 is 1.92 bits per heavy atom. The smallest absolute Gasteiger partial charge is 0.221 e. The SMILES string of the molecule is CCC(C=O)C(CC(N)=O)C(N)=O. The Balaban J connectivity index is 4.47. The molecule has 0 heterocycles. The molecule has 2 amide bonds. The average molecular weight is 186 g/mol. The molecule has 0 aromatic heterocycles. The van der Waals surface area contributed by atoms with Crippen LogP contribution in [0.2, 0.25) is 0 Å². The number of nitrogens with two attached hydrogens (primary N) is 2. The largest absolute Gasteiger partial charge is 0.370 e. The molecule has 0 spiro atoms. The van der Waals surface area contributed by atoms with E-state index in [4.69, 9.17) is 11.5 Å². The van der Waals surface area contributed by atoms with E-state index in [1.165, 1.54) is 0 Å². The summed E-state index contributed by atoms with van der Waals surface area (Å²) in [6.07, 6.45) is 0.954. The van der Waals surface area contributed by atoms with Gasteiger partial charge >= 0.3 is 0 Å². The lowest BCUT2D eigenvalue weighted by Gasteiger charge is -2.16. The standard InChI is InChI=1S/C8H14N2O3/c1-2-5(4-11)6(8(10)13)3-7(9)12/h4-6H,2-3H2,1H3,(H2,9,12)(H2,10,13). The van der Waals surface area contributed by atoms with Crippen LogP contribution in [0, 0.1) is 11.8 Å². The van der Waals surface area contributed by atoms with Crippen LogP contribution in [0.15, 0.2) is 0 Å². The van der Waals surface area contributed by atoms with Crippen LogP contribution in [0.5, 0.6) is 0 Å². The third-order valence-corrected chi connectivity index (χ3v) is 1.95. The van der Waals surface area contributed by atoms with E-state index in [2.05, 4.69) is 0 Å². The third-order valence-electron chi connectivity index (χ3n) is 1.95. The predicted molar refractivity (Wildman–Crippen MR) is 46.3 cm³/mol. The molecule has 0 radical (unpaired) electrons. The number of carbonyl (C=O) groups is 3. The van der Waals surface area contributed by atoms with Crippen molar-refractivity contribution in [3.8, 4) is 0 Å². The Morgan fingerprint density at radius 3 is 2.15 bits per heavy atom. The maximum Gasteiger partial charge on any atom is 0.221 e. The van der Waals surface area contributed by atoms with Crippen LogP contribution in [-0.4, -0.2) is 18.1 Å². The van der Waals surface area contributed by atoms with Gasteiger partial charge in [-0.2, -0.15) is 0 Å². The minimum atomic E-state index is -0.764. The monoisotopic (exact) mass is 186 g/mol. The van der Waals surface area contributed by atoms with Crippen LogP contribution in [0.4, 0.5) is 0 Å². The Labute approximate surface area is 76.5 Å². The first-order valence-corrected chi connectivity index (χ1v) is 4.05. The highest BCUT2D eigenvalue weighted by Crippen LogP contribution is 2.16. The molecule has 4 N–H and O–H groups in total. The fraction of sp³-hybridized carbons (Fsp3) is 0.625. The van der Waals surface area contributed by atoms with Gasteiger partial charge in [-0.05, 0) is 6.42 Å². The highest BCUT2D eigenvalue weighted by atomic mass is 16.2. The van der Waals surface area contributed by atoms with Gasteiger partial charge in [0.25, 0.3) is 0 Å². The quantitative estimate of drug-likeness (QED) is 0.530. The molecular formula is C8H14N2O3. The number of hydrogen-bond donors (Lipinski definition) is 2. The molecule has 0 aromatic rings.